The zero-order chi connectivity index (χ0) is 11.1. The smallest absolute Gasteiger partial charge is 0.0465 e. The lowest BCUT2D eigenvalue weighted by atomic mass is 10.1. The Morgan fingerprint density at radius 2 is 1.75 bits per heavy atom. The van der Waals surface area contributed by atoms with Crippen LogP contribution in [0.2, 0.25) is 0 Å². The van der Waals surface area contributed by atoms with E-state index in [0.717, 1.165) is 21.8 Å². The van der Waals surface area contributed by atoms with E-state index in [2.05, 4.69) is 4.98 Å². The first-order valence-electron chi connectivity index (χ1n) is 4.85. The van der Waals surface area contributed by atoms with Gasteiger partial charge in [0.2, 0.25) is 0 Å². The van der Waals surface area contributed by atoms with Crippen molar-refractivity contribution >= 4 is 32.9 Å². The third-order valence-electron chi connectivity index (χ3n) is 2.67. The number of benzene rings is 2. The summed E-state index contributed by atoms with van der Waals surface area (Å²) in [4.78, 5) is 3.56. The number of para-hydroxylation sites is 1. The van der Waals surface area contributed by atoms with Crippen LogP contribution in [-0.2, 0) is 11.1 Å². The summed E-state index contributed by atoms with van der Waals surface area (Å²) >= 11 is -2.18. The van der Waals surface area contributed by atoms with Crippen LogP contribution in [0.15, 0.2) is 47.4 Å². The SMILES string of the molecule is O=S([O-])c1ccc2[nH]c3ccccc3c2c1. The quantitative estimate of drug-likeness (QED) is 0.653. The maximum absolute atomic E-state index is 10.9. The minimum Gasteiger partial charge on any atom is -0.768 e. The Morgan fingerprint density at radius 1 is 1.00 bits per heavy atom. The molecule has 0 fully saturated rings. The monoisotopic (exact) mass is 230 g/mol. The topological polar surface area (TPSA) is 55.9 Å². The van der Waals surface area contributed by atoms with Gasteiger partial charge in [0.25, 0.3) is 0 Å². The van der Waals surface area contributed by atoms with Crippen molar-refractivity contribution in [3.8, 4) is 0 Å². The molecule has 0 amide bonds. The lowest BCUT2D eigenvalue weighted by Crippen LogP contribution is -1.87. The highest BCUT2D eigenvalue weighted by Crippen LogP contribution is 2.26. The molecule has 16 heavy (non-hydrogen) atoms. The van der Waals surface area contributed by atoms with Crippen LogP contribution in [0.5, 0.6) is 0 Å². The van der Waals surface area contributed by atoms with Gasteiger partial charge in [0.05, 0.1) is 0 Å². The Hall–Kier alpha value is -1.65. The molecule has 0 spiro atoms. The molecule has 1 unspecified atom stereocenters. The van der Waals surface area contributed by atoms with Crippen LogP contribution >= 0.6 is 0 Å². The number of hydrogen-bond acceptors (Lipinski definition) is 2. The summed E-state index contributed by atoms with van der Waals surface area (Å²) in [6.45, 7) is 0. The zero-order valence-electron chi connectivity index (χ0n) is 8.27. The first-order valence-corrected chi connectivity index (χ1v) is 5.93. The highest BCUT2D eigenvalue weighted by atomic mass is 32.2. The van der Waals surface area contributed by atoms with Gasteiger partial charge in [-0.25, -0.2) is 0 Å². The predicted molar refractivity (Wildman–Crippen MR) is 63.0 cm³/mol. The molecule has 0 aliphatic heterocycles. The maximum atomic E-state index is 10.9. The van der Waals surface area contributed by atoms with E-state index in [1.165, 1.54) is 0 Å². The third-order valence-corrected chi connectivity index (χ3v) is 3.31. The first-order chi connectivity index (χ1) is 7.75. The largest absolute Gasteiger partial charge is 0.768 e. The summed E-state index contributed by atoms with van der Waals surface area (Å²) in [7, 11) is 0. The summed E-state index contributed by atoms with van der Waals surface area (Å²) in [5, 5.41) is 1.99. The van der Waals surface area contributed by atoms with Crippen LogP contribution < -0.4 is 0 Å². The second-order valence-electron chi connectivity index (χ2n) is 3.61. The van der Waals surface area contributed by atoms with Crippen molar-refractivity contribution in [1.29, 1.82) is 0 Å². The van der Waals surface area contributed by atoms with Crippen molar-refractivity contribution < 1.29 is 8.76 Å². The van der Waals surface area contributed by atoms with Crippen LogP contribution in [-0.4, -0.2) is 13.7 Å². The highest BCUT2D eigenvalue weighted by Gasteiger charge is 2.04. The second-order valence-corrected chi connectivity index (χ2v) is 4.55. The molecule has 0 radical (unpaired) electrons. The molecule has 3 nitrogen and oxygen atoms in total. The summed E-state index contributed by atoms with van der Waals surface area (Å²) in [5.74, 6) is 0. The van der Waals surface area contributed by atoms with E-state index in [0.29, 0.717) is 4.90 Å². The molecule has 3 rings (SSSR count). The lowest BCUT2D eigenvalue weighted by molar-refractivity contribution is 0.537. The molecule has 0 saturated carbocycles. The van der Waals surface area contributed by atoms with Crippen LogP contribution in [0.1, 0.15) is 0 Å². The molecule has 1 heterocycles. The molecule has 2 aromatic carbocycles. The summed E-state index contributed by atoms with van der Waals surface area (Å²) in [5.41, 5.74) is 1.97. The van der Waals surface area contributed by atoms with E-state index in [1.54, 1.807) is 18.2 Å². The second kappa shape index (κ2) is 3.43. The van der Waals surface area contributed by atoms with Crippen LogP contribution in [0.4, 0.5) is 0 Å². The summed E-state index contributed by atoms with van der Waals surface area (Å²) in [6.07, 6.45) is 0. The van der Waals surface area contributed by atoms with E-state index in [9.17, 15) is 8.76 Å². The molecule has 3 aromatic rings. The van der Waals surface area contributed by atoms with Gasteiger partial charge in [-0.1, -0.05) is 18.2 Å². The Labute approximate surface area is 94.4 Å². The average Bonchev–Trinajstić information content (AvgIpc) is 2.66. The van der Waals surface area contributed by atoms with Crippen LogP contribution in [0, 0.1) is 0 Å². The number of aromatic amines is 1. The number of H-pyrrole nitrogens is 1. The molecule has 0 saturated heterocycles. The van der Waals surface area contributed by atoms with Gasteiger partial charge in [-0.2, -0.15) is 0 Å². The summed E-state index contributed by atoms with van der Waals surface area (Å²) < 4.78 is 21.8. The fraction of sp³-hybridized carbons (Fsp3) is 0. The van der Waals surface area contributed by atoms with Crippen molar-refractivity contribution in [2.75, 3.05) is 0 Å². The van der Waals surface area contributed by atoms with Gasteiger partial charge in [0, 0.05) is 26.7 Å². The molecule has 1 aromatic heterocycles. The molecule has 0 bridgehead atoms. The molecular formula is C12H8NO2S-. The number of rotatable bonds is 1. The van der Waals surface area contributed by atoms with E-state index >= 15 is 0 Å². The maximum Gasteiger partial charge on any atom is 0.0465 e. The molecule has 80 valence electrons. The number of nitrogens with one attached hydrogen (secondary N) is 1. The van der Waals surface area contributed by atoms with E-state index in [1.807, 2.05) is 24.3 Å². The fourth-order valence-corrected chi connectivity index (χ4v) is 2.32. The van der Waals surface area contributed by atoms with Crippen molar-refractivity contribution in [3.63, 3.8) is 0 Å². The molecule has 0 aliphatic rings. The van der Waals surface area contributed by atoms with Gasteiger partial charge >= 0.3 is 0 Å². The van der Waals surface area contributed by atoms with Crippen molar-refractivity contribution in [1.82, 2.24) is 4.98 Å². The lowest BCUT2D eigenvalue weighted by Gasteiger charge is -2.04. The fourth-order valence-electron chi connectivity index (χ4n) is 1.93. The Morgan fingerprint density at radius 3 is 2.56 bits per heavy atom. The van der Waals surface area contributed by atoms with Gasteiger partial charge in [-0.15, -0.1) is 0 Å². The summed E-state index contributed by atoms with van der Waals surface area (Å²) in [6, 6.07) is 12.9. The Kier molecular flexibility index (Phi) is 2.05. The van der Waals surface area contributed by atoms with Crippen molar-refractivity contribution in [2.45, 2.75) is 4.90 Å². The normalized spacial score (nSPS) is 13.3. The van der Waals surface area contributed by atoms with E-state index in [-0.39, 0.29) is 0 Å². The minimum absolute atomic E-state index is 0.317. The van der Waals surface area contributed by atoms with Gasteiger partial charge in [0.1, 0.15) is 0 Å². The van der Waals surface area contributed by atoms with Gasteiger partial charge < -0.3 is 9.54 Å². The molecule has 1 atom stereocenters. The average molecular weight is 230 g/mol. The molecule has 0 aliphatic carbocycles. The number of fused-ring (bicyclic) bond motifs is 3. The number of aromatic nitrogens is 1. The molecule has 4 heteroatoms. The van der Waals surface area contributed by atoms with Gasteiger partial charge in [-0.05, 0) is 35.3 Å². The van der Waals surface area contributed by atoms with Crippen molar-refractivity contribution in [3.05, 3.63) is 42.5 Å². The predicted octanol–water partition coefficient (Wildman–Crippen LogP) is 2.56. The number of hydrogen-bond donors (Lipinski definition) is 1. The van der Waals surface area contributed by atoms with Crippen molar-refractivity contribution in [2.24, 2.45) is 0 Å². The third kappa shape index (κ3) is 1.35. The highest BCUT2D eigenvalue weighted by molar-refractivity contribution is 7.79. The van der Waals surface area contributed by atoms with Crippen LogP contribution in [0.3, 0.4) is 0 Å². The Bertz CT molecular complexity index is 702. The van der Waals surface area contributed by atoms with E-state index in [4.69, 9.17) is 0 Å². The standard InChI is InChI=1S/C12H9NO2S/c14-16(15)8-5-6-12-10(7-8)9-3-1-2-4-11(9)13-12/h1-7,13H,(H,14,15)/p-1. The first kappa shape index (κ1) is 9.57. The molecular weight excluding hydrogens is 222 g/mol. The van der Waals surface area contributed by atoms with Crippen LogP contribution in [0.25, 0.3) is 21.8 Å². The molecule has 1 N–H and O–H groups in total. The zero-order valence-corrected chi connectivity index (χ0v) is 9.08. The minimum atomic E-state index is -2.18. The Balaban J connectivity index is 2.44. The van der Waals surface area contributed by atoms with Gasteiger partial charge in [0.15, 0.2) is 0 Å². The van der Waals surface area contributed by atoms with Gasteiger partial charge in [-0.3, -0.25) is 4.21 Å². The van der Waals surface area contributed by atoms with E-state index < -0.39 is 11.1 Å².